The minimum Gasteiger partial charge on any atom is -0.490 e. The van der Waals surface area contributed by atoms with Gasteiger partial charge in [-0.2, -0.15) is 0 Å². The number of amides is 1. The molecule has 2 N–H and O–H groups in total. The largest absolute Gasteiger partial charge is 0.490 e. The number of carbonyl (C=O) groups excluding carboxylic acids is 1. The molecular formula is C19H28N2O2. The summed E-state index contributed by atoms with van der Waals surface area (Å²) < 4.78 is 6.04. The molecule has 2 fully saturated rings. The standard InChI is InChI=1S/C19H28N2O2/c20-16-6-4-12-21(14-16)19(22)11-10-15-5-3-9-18(13-15)23-17-7-1-2-8-17/h3,5,9,13,16-17H,1-2,4,6-8,10-12,14,20H2. The van der Waals surface area contributed by atoms with Gasteiger partial charge in [0.05, 0.1) is 6.10 Å². The Bertz CT molecular complexity index is 526. The van der Waals surface area contributed by atoms with Gasteiger partial charge in [0.15, 0.2) is 0 Å². The molecule has 0 bridgehead atoms. The molecule has 1 aromatic rings. The molecule has 126 valence electrons. The first-order valence-electron chi connectivity index (χ1n) is 8.99. The lowest BCUT2D eigenvalue weighted by Crippen LogP contribution is -2.45. The molecule has 4 nitrogen and oxygen atoms in total. The first-order valence-corrected chi connectivity index (χ1v) is 8.99. The molecular weight excluding hydrogens is 288 g/mol. The van der Waals surface area contributed by atoms with Crippen LogP contribution in [0.5, 0.6) is 5.75 Å². The van der Waals surface area contributed by atoms with Gasteiger partial charge in [0.25, 0.3) is 0 Å². The van der Waals surface area contributed by atoms with Crippen molar-refractivity contribution in [3.05, 3.63) is 29.8 Å². The van der Waals surface area contributed by atoms with Crippen LogP contribution in [-0.4, -0.2) is 36.0 Å². The lowest BCUT2D eigenvalue weighted by Gasteiger charge is -2.30. The normalized spacial score (nSPS) is 22.3. The fourth-order valence-corrected chi connectivity index (χ4v) is 3.62. The van der Waals surface area contributed by atoms with Gasteiger partial charge in [0.2, 0.25) is 5.91 Å². The number of nitrogens with two attached hydrogens (primary N) is 1. The minimum atomic E-state index is 0.149. The third kappa shape index (κ3) is 4.71. The fraction of sp³-hybridized carbons (Fsp3) is 0.632. The number of piperidine rings is 1. The average Bonchev–Trinajstić information content (AvgIpc) is 3.06. The maximum absolute atomic E-state index is 12.3. The average molecular weight is 316 g/mol. The molecule has 1 atom stereocenters. The van der Waals surface area contributed by atoms with E-state index < -0.39 is 0 Å². The van der Waals surface area contributed by atoms with Gasteiger partial charge in [-0.25, -0.2) is 0 Å². The molecule has 1 saturated carbocycles. The summed E-state index contributed by atoms with van der Waals surface area (Å²) in [4.78, 5) is 14.2. The molecule has 23 heavy (non-hydrogen) atoms. The Labute approximate surface area is 139 Å². The van der Waals surface area contributed by atoms with Gasteiger partial charge in [-0.3, -0.25) is 4.79 Å². The van der Waals surface area contributed by atoms with E-state index in [9.17, 15) is 4.79 Å². The molecule has 2 aliphatic rings. The lowest BCUT2D eigenvalue weighted by atomic mass is 10.0. The molecule has 0 spiro atoms. The van der Waals surface area contributed by atoms with Crippen LogP contribution in [0, 0.1) is 0 Å². The van der Waals surface area contributed by atoms with Crippen molar-refractivity contribution >= 4 is 5.91 Å². The van der Waals surface area contributed by atoms with Crippen LogP contribution in [0.1, 0.15) is 50.5 Å². The van der Waals surface area contributed by atoms with Gasteiger partial charge in [0, 0.05) is 25.6 Å². The van der Waals surface area contributed by atoms with Crippen molar-refractivity contribution < 1.29 is 9.53 Å². The van der Waals surface area contributed by atoms with Crippen LogP contribution in [0.4, 0.5) is 0 Å². The second-order valence-electron chi connectivity index (χ2n) is 6.91. The number of aryl methyl sites for hydroxylation is 1. The van der Waals surface area contributed by atoms with Crippen LogP contribution in [0.3, 0.4) is 0 Å². The highest BCUT2D eigenvalue weighted by molar-refractivity contribution is 5.76. The Kier molecular flexibility index (Phi) is 5.55. The van der Waals surface area contributed by atoms with E-state index in [0.717, 1.165) is 44.4 Å². The number of likely N-dealkylation sites (tertiary alicyclic amines) is 1. The van der Waals surface area contributed by atoms with Crippen molar-refractivity contribution in [2.75, 3.05) is 13.1 Å². The highest BCUT2D eigenvalue weighted by Gasteiger charge is 2.21. The predicted octanol–water partition coefficient (Wildman–Crippen LogP) is 2.89. The summed E-state index contributed by atoms with van der Waals surface area (Å²) in [5.74, 6) is 1.17. The van der Waals surface area contributed by atoms with Crippen LogP contribution < -0.4 is 10.5 Å². The minimum absolute atomic E-state index is 0.149. The van der Waals surface area contributed by atoms with E-state index in [-0.39, 0.29) is 11.9 Å². The molecule has 0 radical (unpaired) electrons. The summed E-state index contributed by atoms with van der Waals surface area (Å²) in [6.07, 6.45) is 8.64. The third-order valence-electron chi connectivity index (χ3n) is 4.94. The quantitative estimate of drug-likeness (QED) is 0.909. The number of hydrogen-bond acceptors (Lipinski definition) is 3. The van der Waals surface area contributed by atoms with Crippen LogP contribution in [0.25, 0.3) is 0 Å². The summed E-state index contributed by atoms with van der Waals surface area (Å²) >= 11 is 0. The van der Waals surface area contributed by atoms with Crippen molar-refractivity contribution in [1.82, 2.24) is 4.90 Å². The molecule has 1 heterocycles. The first kappa shape index (κ1) is 16.3. The van der Waals surface area contributed by atoms with Crippen molar-refractivity contribution in [2.24, 2.45) is 5.73 Å². The summed E-state index contributed by atoms with van der Waals surface area (Å²) in [5.41, 5.74) is 7.13. The van der Waals surface area contributed by atoms with Crippen molar-refractivity contribution in [2.45, 2.75) is 63.5 Å². The van der Waals surface area contributed by atoms with E-state index in [1.165, 1.54) is 18.4 Å². The van der Waals surface area contributed by atoms with E-state index in [1.54, 1.807) is 0 Å². The fourth-order valence-electron chi connectivity index (χ4n) is 3.62. The van der Waals surface area contributed by atoms with E-state index >= 15 is 0 Å². The molecule has 1 amide bonds. The maximum atomic E-state index is 12.3. The Hall–Kier alpha value is -1.55. The zero-order valence-electron chi connectivity index (χ0n) is 13.9. The summed E-state index contributed by atoms with van der Waals surface area (Å²) in [5, 5.41) is 0. The molecule has 0 aromatic heterocycles. The third-order valence-corrected chi connectivity index (χ3v) is 4.94. The topological polar surface area (TPSA) is 55.6 Å². The molecule has 1 saturated heterocycles. The van der Waals surface area contributed by atoms with Crippen molar-refractivity contribution in [1.29, 1.82) is 0 Å². The van der Waals surface area contributed by atoms with Crippen molar-refractivity contribution in [3.8, 4) is 5.75 Å². The molecule has 1 aromatic carbocycles. The molecule has 1 aliphatic heterocycles. The van der Waals surface area contributed by atoms with Crippen LogP contribution in [0.2, 0.25) is 0 Å². The maximum Gasteiger partial charge on any atom is 0.222 e. The van der Waals surface area contributed by atoms with E-state index in [0.29, 0.717) is 19.1 Å². The Morgan fingerprint density at radius 3 is 2.83 bits per heavy atom. The van der Waals surface area contributed by atoms with Gasteiger partial charge in [-0.05, 0) is 62.6 Å². The number of benzene rings is 1. The van der Waals surface area contributed by atoms with Gasteiger partial charge in [0.1, 0.15) is 5.75 Å². The van der Waals surface area contributed by atoms with E-state index in [2.05, 4.69) is 12.1 Å². The number of carbonyl (C=O) groups is 1. The zero-order valence-corrected chi connectivity index (χ0v) is 13.9. The van der Waals surface area contributed by atoms with E-state index in [4.69, 9.17) is 10.5 Å². The first-order chi connectivity index (χ1) is 11.2. The van der Waals surface area contributed by atoms with Gasteiger partial charge >= 0.3 is 0 Å². The van der Waals surface area contributed by atoms with Crippen LogP contribution in [0.15, 0.2) is 24.3 Å². The second kappa shape index (κ2) is 7.82. The number of ether oxygens (including phenoxy) is 1. The molecule has 1 unspecified atom stereocenters. The zero-order chi connectivity index (χ0) is 16.1. The molecule has 4 heteroatoms. The predicted molar refractivity (Wildman–Crippen MR) is 91.4 cm³/mol. The van der Waals surface area contributed by atoms with Gasteiger partial charge < -0.3 is 15.4 Å². The van der Waals surface area contributed by atoms with Gasteiger partial charge in [-0.15, -0.1) is 0 Å². The van der Waals surface area contributed by atoms with Crippen LogP contribution in [-0.2, 0) is 11.2 Å². The highest BCUT2D eigenvalue weighted by atomic mass is 16.5. The lowest BCUT2D eigenvalue weighted by molar-refractivity contribution is -0.132. The Morgan fingerprint density at radius 2 is 2.04 bits per heavy atom. The summed E-state index contributed by atoms with van der Waals surface area (Å²) in [7, 11) is 0. The monoisotopic (exact) mass is 316 g/mol. The number of hydrogen-bond donors (Lipinski definition) is 1. The summed E-state index contributed by atoms with van der Waals surface area (Å²) in [6, 6.07) is 8.37. The smallest absolute Gasteiger partial charge is 0.222 e. The van der Waals surface area contributed by atoms with Gasteiger partial charge in [-0.1, -0.05) is 12.1 Å². The number of nitrogens with zero attached hydrogens (tertiary/aromatic N) is 1. The van der Waals surface area contributed by atoms with E-state index in [1.807, 2.05) is 17.0 Å². The Morgan fingerprint density at radius 1 is 1.22 bits per heavy atom. The molecule has 3 rings (SSSR count). The summed E-state index contributed by atoms with van der Waals surface area (Å²) in [6.45, 7) is 1.57. The number of rotatable bonds is 5. The second-order valence-corrected chi connectivity index (χ2v) is 6.91. The Balaban J connectivity index is 1.50. The van der Waals surface area contributed by atoms with Crippen LogP contribution >= 0.6 is 0 Å². The SMILES string of the molecule is NC1CCCN(C(=O)CCc2cccc(OC3CCCC3)c2)C1. The highest BCUT2D eigenvalue weighted by Crippen LogP contribution is 2.25. The molecule has 1 aliphatic carbocycles. The van der Waals surface area contributed by atoms with Crippen molar-refractivity contribution in [3.63, 3.8) is 0 Å².